The lowest BCUT2D eigenvalue weighted by Gasteiger charge is -2.26. The third kappa shape index (κ3) is 4.00. The summed E-state index contributed by atoms with van der Waals surface area (Å²) >= 11 is 0. The Balaban J connectivity index is 1.64. The predicted octanol–water partition coefficient (Wildman–Crippen LogP) is -0.231. The first-order valence-corrected chi connectivity index (χ1v) is 6.45. The van der Waals surface area contributed by atoms with Gasteiger partial charge in [0.1, 0.15) is 0 Å². The van der Waals surface area contributed by atoms with Gasteiger partial charge in [0.2, 0.25) is 11.8 Å². The average molecular weight is 239 g/mol. The molecule has 17 heavy (non-hydrogen) atoms. The fraction of sp³-hybridized carbons (Fsp3) is 0.833. The van der Waals surface area contributed by atoms with Crippen molar-refractivity contribution < 1.29 is 9.59 Å². The summed E-state index contributed by atoms with van der Waals surface area (Å²) in [6.07, 6.45) is 4.07. The average Bonchev–Trinajstić information content (AvgIpc) is 3.11. The molecule has 1 aliphatic carbocycles. The number of nitrogens with one attached hydrogen (secondary N) is 3. The lowest BCUT2D eigenvalue weighted by Crippen LogP contribution is -2.46. The monoisotopic (exact) mass is 239 g/mol. The van der Waals surface area contributed by atoms with Crippen LogP contribution in [0, 0.1) is 5.92 Å². The normalized spacial score (nSPS) is 28.5. The molecule has 0 aromatic carbocycles. The second-order valence-corrected chi connectivity index (χ2v) is 5.14. The molecule has 1 saturated heterocycles. The van der Waals surface area contributed by atoms with Gasteiger partial charge in [0.05, 0.1) is 12.5 Å². The van der Waals surface area contributed by atoms with Crippen molar-refractivity contribution in [2.75, 3.05) is 13.1 Å². The Labute approximate surface area is 102 Å². The van der Waals surface area contributed by atoms with Gasteiger partial charge in [-0.05, 0) is 32.6 Å². The Hall–Kier alpha value is -1.10. The van der Waals surface area contributed by atoms with Crippen LogP contribution in [-0.2, 0) is 9.59 Å². The number of hydrogen-bond donors (Lipinski definition) is 3. The molecule has 0 bridgehead atoms. The molecule has 2 amide bonds. The number of carbonyl (C=O) groups is 2. The maximum absolute atomic E-state index is 11.8. The van der Waals surface area contributed by atoms with Crippen LogP contribution >= 0.6 is 0 Å². The first kappa shape index (κ1) is 12.4. The smallest absolute Gasteiger partial charge is 0.239 e. The molecule has 5 heteroatoms. The highest BCUT2D eigenvalue weighted by Gasteiger charge is 2.25. The molecule has 0 aromatic rings. The topological polar surface area (TPSA) is 70.2 Å². The van der Waals surface area contributed by atoms with Crippen LogP contribution in [0.15, 0.2) is 0 Å². The Kier molecular flexibility index (Phi) is 3.99. The molecular formula is C12H21N3O2. The van der Waals surface area contributed by atoms with Crippen molar-refractivity contribution in [3.05, 3.63) is 0 Å². The molecule has 0 spiro atoms. The largest absolute Gasteiger partial charge is 0.352 e. The van der Waals surface area contributed by atoms with E-state index < -0.39 is 0 Å². The van der Waals surface area contributed by atoms with Gasteiger partial charge in [-0.2, -0.15) is 0 Å². The van der Waals surface area contributed by atoms with Crippen LogP contribution in [0.1, 0.15) is 32.6 Å². The molecule has 1 aliphatic heterocycles. The SMILES string of the molecule is CC1CCC(C(=O)NCC(=O)NC2CC2)CN1. The van der Waals surface area contributed by atoms with Crippen LogP contribution in [0.3, 0.4) is 0 Å². The molecule has 5 nitrogen and oxygen atoms in total. The van der Waals surface area contributed by atoms with E-state index in [2.05, 4.69) is 22.9 Å². The van der Waals surface area contributed by atoms with E-state index in [4.69, 9.17) is 0 Å². The van der Waals surface area contributed by atoms with Crippen molar-refractivity contribution in [3.63, 3.8) is 0 Å². The van der Waals surface area contributed by atoms with Crippen molar-refractivity contribution in [2.24, 2.45) is 5.92 Å². The van der Waals surface area contributed by atoms with Crippen LogP contribution < -0.4 is 16.0 Å². The fourth-order valence-corrected chi connectivity index (χ4v) is 2.04. The second-order valence-electron chi connectivity index (χ2n) is 5.14. The first-order valence-electron chi connectivity index (χ1n) is 6.45. The summed E-state index contributed by atoms with van der Waals surface area (Å²) in [6.45, 7) is 2.95. The molecule has 1 heterocycles. The standard InChI is InChI=1S/C12H21N3O2/c1-8-2-3-9(6-13-8)12(17)14-7-11(16)15-10-4-5-10/h8-10,13H,2-7H2,1H3,(H,14,17)(H,15,16). The van der Waals surface area contributed by atoms with Gasteiger partial charge in [-0.1, -0.05) is 0 Å². The lowest BCUT2D eigenvalue weighted by molar-refractivity contribution is -0.129. The van der Waals surface area contributed by atoms with Crippen molar-refractivity contribution in [1.29, 1.82) is 0 Å². The molecule has 96 valence electrons. The molecule has 2 fully saturated rings. The van der Waals surface area contributed by atoms with Gasteiger partial charge in [0.15, 0.2) is 0 Å². The van der Waals surface area contributed by atoms with Gasteiger partial charge in [0, 0.05) is 18.6 Å². The second kappa shape index (κ2) is 5.49. The molecule has 2 rings (SSSR count). The number of amides is 2. The number of carbonyl (C=O) groups excluding carboxylic acids is 2. The van der Waals surface area contributed by atoms with E-state index in [1.54, 1.807) is 0 Å². The summed E-state index contributed by atoms with van der Waals surface area (Å²) in [4.78, 5) is 23.2. The van der Waals surface area contributed by atoms with Crippen molar-refractivity contribution in [2.45, 2.75) is 44.7 Å². The van der Waals surface area contributed by atoms with Gasteiger partial charge in [-0.15, -0.1) is 0 Å². The van der Waals surface area contributed by atoms with Crippen LogP contribution in [0.25, 0.3) is 0 Å². The van der Waals surface area contributed by atoms with E-state index in [9.17, 15) is 9.59 Å². The van der Waals surface area contributed by atoms with Crippen LogP contribution in [0.2, 0.25) is 0 Å². The molecule has 2 atom stereocenters. The highest BCUT2D eigenvalue weighted by Crippen LogP contribution is 2.18. The molecule has 0 aromatic heterocycles. The highest BCUT2D eigenvalue weighted by molar-refractivity contribution is 5.86. The maximum Gasteiger partial charge on any atom is 0.239 e. The van der Waals surface area contributed by atoms with E-state index in [0.717, 1.165) is 32.2 Å². The third-order valence-corrected chi connectivity index (χ3v) is 3.40. The Morgan fingerprint density at radius 3 is 2.59 bits per heavy atom. The summed E-state index contributed by atoms with van der Waals surface area (Å²) in [5.74, 6) is -0.0618. The van der Waals surface area contributed by atoms with Crippen molar-refractivity contribution in [3.8, 4) is 0 Å². The highest BCUT2D eigenvalue weighted by atomic mass is 16.2. The summed E-state index contributed by atoms with van der Waals surface area (Å²) in [5.41, 5.74) is 0. The predicted molar refractivity (Wildman–Crippen MR) is 64.4 cm³/mol. The summed E-state index contributed by atoms with van der Waals surface area (Å²) in [5, 5.41) is 8.84. The minimum Gasteiger partial charge on any atom is -0.352 e. The van der Waals surface area contributed by atoms with Crippen LogP contribution in [-0.4, -0.2) is 37.0 Å². The zero-order chi connectivity index (χ0) is 12.3. The Morgan fingerprint density at radius 2 is 2.00 bits per heavy atom. The van der Waals surface area contributed by atoms with Crippen molar-refractivity contribution in [1.82, 2.24) is 16.0 Å². The van der Waals surface area contributed by atoms with Gasteiger partial charge in [0.25, 0.3) is 0 Å². The van der Waals surface area contributed by atoms with Gasteiger partial charge in [-0.25, -0.2) is 0 Å². The molecule has 2 unspecified atom stereocenters. The van der Waals surface area contributed by atoms with E-state index in [0.29, 0.717) is 12.1 Å². The Bertz CT molecular complexity index is 294. The quantitative estimate of drug-likeness (QED) is 0.634. The number of rotatable bonds is 4. The molecule has 0 radical (unpaired) electrons. The van der Waals surface area contributed by atoms with Crippen LogP contribution in [0.4, 0.5) is 0 Å². The lowest BCUT2D eigenvalue weighted by atomic mass is 9.95. The molecule has 1 saturated carbocycles. The fourth-order valence-electron chi connectivity index (χ4n) is 2.04. The summed E-state index contributed by atoms with van der Waals surface area (Å²) in [6, 6.07) is 0.855. The molecule has 2 aliphatic rings. The third-order valence-electron chi connectivity index (χ3n) is 3.40. The van der Waals surface area contributed by atoms with E-state index in [1.807, 2.05) is 0 Å². The maximum atomic E-state index is 11.8. The molecule has 3 N–H and O–H groups in total. The number of hydrogen-bond acceptors (Lipinski definition) is 3. The van der Waals surface area contributed by atoms with E-state index >= 15 is 0 Å². The van der Waals surface area contributed by atoms with E-state index in [-0.39, 0.29) is 24.3 Å². The van der Waals surface area contributed by atoms with Gasteiger partial charge in [-0.3, -0.25) is 9.59 Å². The first-order chi connectivity index (χ1) is 8.15. The van der Waals surface area contributed by atoms with Crippen molar-refractivity contribution >= 4 is 11.8 Å². The van der Waals surface area contributed by atoms with E-state index in [1.165, 1.54) is 0 Å². The zero-order valence-electron chi connectivity index (χ0n) is 10.3. The van der Waals surface area contributed by atoms with Crippen LogP contribution in [0.5, 0.6) is 0 Å². The zero-order valence-corrected chi connectivity index (χ0v) is 10.3. The Morgan fingerprint density at radius 1 is 1.24 bits per heavy atom. The summed E-state index contributed by atoms with van der Waals surface area (Å²) in [7, 11) is 0. The molecular weight excluding hydrogens is 218 g/mol. The van der Waals surface area contributed by atoms with Gasteiger partial charge >= 0.3 is 0 Å². The minimum absolute atomic E-state index is 0.00431. The summed E-state index contributed by atoms with van der Waals surface area (Å²) < 4.78 is 0. The number of piperidine rings is 1. The minimum atomic E-state index is -0.0713. The van der Waals surface area contributed by atoms with Gasteiger partial charge < -0.3 is 16.0 Å².